The second kappa shape index (κ2) is 4.51. The first-order valence-corrected chi connectivity index (χ1v) is 6.09. The van der Waals surface area contributed by atoms with E-state index in [-0.39, 0.29) is 0 Å². The van der Waals surface area contributed by atoms with E-state index in [1.54, 1.807) is 6.20 Å². The molecule has 0 aliphatic rings. The Kier molecular flexibility index (Phi) is 3.22. The van der Waals surface area contributed by atoms with Crippen molar-refractivity contribution < 1.29 is 10.2 Å². The second-order valence-electron chi connectivity index (χ2n) is 4.50. The van der Waals surface area contributed by atoms with Crippen LogP contribution in [0.2, 0.25) is 0 Å². The summed E-state index contributed by atoms with van der Waals surface area (Å²) in [4.78, 5) is 3.12. The van der Waals surface area contributed by atoms with Crippen LogP contribution >= 0.6 is 0 Å². The Morgan fingerprint density at radius 3 is 2.53 bits per heavy atom. The van der Waals surface area contributed by atoms with Crippen molar-refractivity contribution in [3.63, 3.8) is 0 Å². The predicted molar refractivity (Wildman–Crippen MR) is 68.8 cm³/mol. The van der Waals surface area contributed by atoms with E-state index >= 15 is 0 Å². The molecule has 0 bridgehead atoms. The van der Waals surface area contributed by atoms with Gasteiger partial charge in [-0.3, -0.25) is 0 Å². The van der Waals surface area contributed by atoms with Gasteiger partial charge < -0.3 is 15.2 Å². The SMILES string of the molecule is CCC(O)(CC)C(O)c1c[nH]c2ccccc12. The van der Waals surface area contributed by atoms with Crippen LogP contribution in [0, 0.1) is 0 Å². The third kappa shape index (κ3) is 1.96. The lowest BCUT2D eigenvalue weighted by molar-refractivity contribution is -0.0814. The molecule has 1 aromatic heterocycles. The second-order valence-corrected chi connectivity index (χ2v) is 4.50. The molecule has 0 aliphatic carbocycles. The van der Waals surface area contributed by atoms with Crippen LogP contribution in [0.25, 0.3) is 10.9 Å². The van der Waals surface area contributed by atoms with Crippen LogP contribution in [-0.2, 0) is 0 Å². The molecular weight excluding hydrogens is 214 g/mol. The zero-order valence-electron chi connectivity index (χ0n) is 10.3. The molecule has 3 N–H and O–H groups in total. The molecule has 3 heteroatoms. The molecule has 1 aromatic carbocycles. The molecule has 0 amide bonds. The Morgan fingerprint density at radius 1 is 1.24 bits per heavy atom. The van der Waals surface area contributed by atoms with Crippen molar-refractivity contribution in [2.45, 2.75) is 38.4 Å². The molecule has 0 radical (unpaired) electrons. The minimum absolute atomic E-state index is 0.532. The molecule has 0 saturated carbocycles. The van der Waals surface area contributed by atoms with E-state index in [9.17, 15) is 10.2 Å². The largest absolute Gasteiger partial charge is 0.387 e. The summed E-state index contributed by atoms with van der Waals surface area (Å²) >= 11 is 0. The van der Waals surface area contributed by atoms with E-state index in [0.717, 1.165) is 16.5 Å². The number of aliphatic hydroxyl groups is 2. The summed E-state index contributed by atoms with van der Waals surface area (Å²) in [5.74, 6) is 0. The van der Waals surface area contributed by atoms with Gasteiger partial charge in [-0.1, -0.05) is 32.0 Å². The van der Waals surface area contributed by atoms with Gasteiger partial charge >= 0.3 is 0 Å². The van der Waals surface area contributed by atoms with Crippen LogP contribution in [0.1, 0.15) is 38.4 Å². The maximum Gasteiger partial charge on any atom is 0.110 e. The fraction of sp³-hybridized carbons (Fsp3) is 0.429. The number of rotatable bonds is 4. The Morgan fingerprint density at radius 2 is 1.88 bits per heavy atom. The smallest absolute Gasteiger partial charge is 0.110 e. The van der Waals surface area contributed by atoms with Crippen molar-refractivity contribution in [3.8, 4) is 0 Å². The molecule has 1 atom stereocenters. The van der Waals surface area contributed by atoms with Gasteiger partial charge in [0.15, 0.2) is 0 Å². The lowest BCUT2D eigenvalue weighted by atomic mass is 9.86. The third-order valence-electron chi connectivity index (χ3n) is 3.65. The quantitative estimate of drug-likeness (QED) is 0.760. The maximum absolute atomic E-state index is 10.4. The Hall–Kier alpha value is -1.32. The van der Waals surface area contributed by atoms with Gasteiger partial charge in [0.05, 0.1) is 5.60 Å². The van der Waals surface area contributed by atoms with Crippen LogP contribution in [0.15, 0.2) is 30.5 Å². The van der Waals surface area contributed by atoms with Crippen LogP contribution in [0.3, 0.4) is 0 Å². The summed E-state index contributed by atoms with van der Waals surface area (Å²) in [6, 6.07) is 7.79. The number of benzene rings is 1. The minimum atomic E-state index is -1.05. The number of aliphatic hydroxyl groups excluding tert-OH is 1. The molecule has 17 heavy (non-hydrogen) atoms. The first-order chi connectivity index (χ1) is 8.12. The highest BCUT2D eigenvalue weighted by Gasteiger charge is 2.34. The number of nitrogens with one attached hydrogen (secondary N) is 1. The lowest BCUT2D eigenvalue weighted by Gasteiger charge is -2.30. The van der Waals surface area contributed by atoms with E-state index < -0.39 is 11.7 Å². The van der Waals surface area contributed by atoms with Gasteiger partial charge in [-0.2, -0.15) is 0 Å². The molecule has 0 fully saturated rings. The van der Waals surface area contributed by atoms with E-state index in [2.05, 4.69) is 4.98 Å². The summed E-state index contributed by atoms with van der Waals surface area (Å²) in [6.45, 7) is 3.78. The van der Waals surface area contributed by atoms with Crippen LogP contribution in [0.5, 0.6) is 0 Å². The molecule has 2 aromatic rings. The highest BCUT2D eigenvalue weighted by molar-refractivity contribution is 5.83. The van der Waals surface area contributed by atoms with Gasteiger partial charge in [-0.05, 0) is 18.9 Å². The molecule has 92 valence electrons. The highest BCUT2D eigenvalue weighted by atomic mass is 16.3. The lowest BCUT2D eigenvalue weighted by Crippen LogP contribution is -2.34. The first kappa shape index (κ1) is 12.1. The molecule has 1 unspecified atom stereocenters. The number of H-pyrrole nitrogens is 1. The normalized spacial score (nSPS) is 14.1. The summed E-state index contributed by atoms with van der Waals surface area (Å²) in [7, 11) is 0. The molecule has 0 spiro atoms. The Bertz CT molecular complexity index is 500. The summed E-state index contributed by atoms with van der Waals surface area (Å²) in [5, 5.41) is 21.7. The van der Waals surface area contributed by atoms with Crippen molar-refractivity contribution in [1.29, 1.82) is 0 Å². The zero-order valence-corrected chi connectivity index (χ0v) is 10.3. The van der Waals surface area contributed by atoms with Crippen LogP contribution in [0.4, 0.5) is 0 Å². The summed E-state index contributed by atoms with van der Waals surface area (Å²) < 4.78 is 0. The molecule has 0 aliphatic heterocycles. The van der Waals surface area contributed by atoms with Gasteiger partial charge in [0.2, 0.25) is 0 Å². The number of para-hydroxylation sites is 1. The van der Waals surface area contributed by atoms with Crippen LogP contribution < -0.4 is 0 Å². The predicted octanol–water partition coefficient (Wildman–Crippen LogP) is 2.75. The van der Waals surface area contributed by atoms with Crippen molar-refractivity contribution in [1.82, 2.24) is 4.98 Å². The molecular formula is C14H19NO2. The molecule has 1 heterocycles. The summed E-state index contributed by atoms with van der Waals surface area (Å²) in [6.07, 6.45) is 1.99. The average molecular weight is 233 g/mol. The number of aromatic amines is 1. The first-order valence-electron chi connectivity index (χ1n) is 6.09. The average Bonchev–Trinajstić information content (AvgIpc) is 2.80. The topological polar surface area (TPSA) is 56.2 Å². The molecule has 0 saturated heterocycles. The van der Waals surface area contributed by atoms with Crippen LogP contribution in [-0.4, -0.2) is 20.8 Å². The van der Waals surface area contributed by atoms with Gasteiger partial charge in [0.25, 0.3) is 0 Å². The number of hydrogen-bond donors (Lipinski definition) is 3. The zero-order chi connectivity index (χ0) is 12.5. The standard InChI is InChI=1S/C14H19NO2/c1-3-14(17,4-2)13(16)11-9-15-12-8-6-5-7-10(11)12/h5-9,13,15-17H,3-4H2,1-2H3. The van der Waals surface area contributed by atoms with Crippen molar-refractivity contribution in [2.24, 2.45) is 0 Å². The van der Waals surface area contributed by atoms with Gasteiger partial charge in [0.1, 0.15) is 6.10 Å². The molecule has 2 rings (SSSR count). The minimum Gasteiger partial charge on any atom is -0.387 e. The van der Waals surface area contributed by atoms with E-state index in [4.69, 9.17) is 0 Å². The maximum atomic E-state index is 10.4. The Labute approximate surface area is 101 Å². The highest BCUT2D eigenvalue weighted by Crippen LogP contribution is 2.35. The van der Waals surface area contributed by atoms with Crippen molar-refractivity contribution in [3.05, 3.63) is 36.0 Å². The van der Waals surface area contributed by atoms with Gasteiger partial charge in [0, 0.05) is 22.7 Å². The summed E-state index contributed by atoms with van der Waals surface area (Å²) in [5.41, 5.74) is 0.702. The fourth-order valence-corrected chi connectivity index (χ4v) is 2.25. The van der Waals surface area contributed by atoms with E-state index in [0.29, 0.717) is 12.8 Å². The van der Waals surface area contributed by atoms with Gasteiger partial charge in [-0.25, -0.2) is 0 Å². The van der Waals surface area contributed by atoms with E-state index in [1.807, 2.05) is 38.1 Å². The number of fused-ring (bicyclic) bond motifs is 1. The molecule has 3 nitrogen and oxygen atoms in total. The Balaban J connectivity index is 2.46. The number of aromatic nitrogens is 1. The van der Waals surface area contributed by atoms with Crippen molar-refractivity contribution >= 4 is 10.9 Å². The van der Waals surface area contributed by atoms with Crippen molar-refractivity contribution in [2.75, 3.05) is 0 Å². The monoisotopic (exact) mass is 233 g/mol. The number of hydrogen-bond acceptors (Lipinski definition) is 2. The fourth-order valence-electron chi connectivity index (χ4n) is 2.25. The van der Waals surface area contributed by atoms with Gasteiger partial charge in [-0.15, -0.1) is 0 Å². The third-order valence-corrected chi connectivity index (χ3v) is 3.65. The van der Waals surface area contributed by atoms with E-state index in [1.165, 1.54) is 0 Å².